The summed E-state index contributed by atoms with van der Waals surface area (Å²) in [6.45, 7) is 0. The van der Waals surface area contributed by atoms with Crippen LogP contribution in [0, 0.1) is 35.5 Å². The van der Waals surface area contributed by atoms with Crippen molar-refractivity contribution >= 4 is 0 Å². The van der Waals surface area contributed by atoms with E-state index < -0.39 is 0 Å². The smallest absolute Gasteiger partial charge is 0.0991 e. The highest BCUT2D eigenvalue weighted by Gasteiger charge is 1.87. The topological polar surface area (TPSA) is 23.8 Å². The van der Waals surface area contributed by atoms with Gasteiger partial charge in [0.2, 0.25) is 0 Å². The van der Waals surface area contributed by atoms with Crippen molar-refractivity contribution in [2.75, 3.05) is 0 Å². The van der Waals surface area contributed by atoms with Crippen molar-refractivity contribution in [2.45, 2.75) is 0 Å². The van der Waals surface area contributed by atoms with Crippen molar-refractivity contribution in [2.24, 2.45) is 0 Å². The second-order valence-electron chi connectivity index (χ2n) is 2.08. The molecule has 0 heterocycles. The van der Waals surface area contributed by atoms with Crippen molar-refractivity contribution in [3.8, 4) is 30.3 Å². The van der Waals surface area contributed by atoms with Gasteiger partial charge in [-0.1, -0.05) is 5.92 Å². The molecule has 0 saturated heterocycles. The first-order chi connectivity index (χ1) is 5.86. The van der Waals surface area contributed by atoms with Crippen LogP contribution in [0.15, 0.2) is 24.3 Å². The number of nitrogens with zero attached hydrogens (tertiary/aromatic N) is 1. The average Bonchev–Trinajstić information content (AvgIpc) is 2.15. The molecule has 1 heteroatoms. The van der Waals surface area contributed by atoms with E-state index in [0.29, 0.717) is 5.56 Å². The standard InChI is InChI=1S/C11H5N/c1-2-3-4-10-5-7-11(9-12)8-6-10/h1,5-8H. The van der Waals surface area contributed by atoms with Gasteiger partial charge in [-0.05, 0) is 36.1 Å². The number of terminal acetylenes is 1. The Hall–Kier alpha value is -2.17. The summed E-state index contributed by atoms with van der Waals surface area (Å²) >= 11 is 0. The molecule has 1 rings (SSSR count). The SMILES string of the molecule is C#CC#Cc1ccc(C#N)cc1. The lowest BCUT2D eigenvalue weighted by Gasteiger charge is -1.88. The normalized spacial score (nSPS) is 7.17. The fourth-order valence-corrected chi connectivity index (χ4v) is 0.736. The predicted octanol–water partition coefficient (Wildman–Crippen LogP) is 1.54. The van der Waals surface area contributed by atoms with E-state index in [1.807, 2.05) is 6.07 Å². The molecule has 0 fully saturated rings. The lowest BCUT2D eigenvalue weighted by Crippen LogP contribution is -1.75. The zero-order valence-corrected chi connectivity index (χ0v) is 6.33. The number of nitriles is 1. The Bertz CT molecular complexity index is 402. The fraction of sp³-hybridized carbons (Fsp3) is 0. The number of rotatable bonds is 0. The molecule has 54 valence electrons. The summed E-state index contributed by atoms with van der Waals surface area (Å²) in [5.74, 6) is 7.47. The monoisotopic (exact) mass is 151 g/mol. The second-order valence-corrected chi connectivity index (χ2v) is 2.08. The van der Waals surface area contributed by atoms with Crippen molar-refractivity contribution in [3.05, 3.63) is 35.4 Å². The van der Waals surface area contributed by atoms with Crippen LogP contribution in [0.25, 0.3) is 0 Å². The molecule has 0 atom stereocenters. The van der Waals surface area contributed by atoms with Crippen LogP contribution >= 0.6 is 0 Å². The van der Waals surface area contributed by atoms with Crippen molar-refractivity contribution in [3.63, 3.8) is 0 Å². The zero-order chi connectivity index (χ0) is 8.81. The van der Waals surface area contributed by atoms with Gasteiger partial charge in [0.1, 0.15) is 0 Å². The van der Waals surface area contributed by atoms with Gasteiger partial charge in [-0.3, -0.25) is 0 Å². The van der Waals surface area contributed by atoms with Gasteiger partial charge in [-0.15, -0.1) is 6.42 Å². The van der Waals surface area contributed by atoms with E-state index in [-0.39, 0.29) is 0 Å². The molecular formula is C11H5N. The Morgan fingerprint density at radius 2 is 1.67 bits per heavy atom. The first kappa shape index (κ1) is 7.93. The third-order valence-electron chi connectivity index (χ3n) is 1.29. The minimum absolute atomic E-state index is 0.626. The molecule has 0 amide bonds. The lowest BCUT2D eigenvalue weighted by atomic mass is 10.1. The minimum Gasteiger partial charge on any atom is -0.192 e. The fourth-order valence-electron chi connectivity index (χ4n) is 0.736. The summed E-state index contributed by atoms with van der Waals surface area (Å²) in [5.41, 5.74) is 1.45. The van der Waals surface area contributed by atoms with Crippen LogP contribution in [0.4, 0.5) is 0 Å². The third kappa shape index (κ3) is 1.91. The van der Waals surface area contributed by atoms with Gasteiger partial charge in [0.25, 0.3) is 0 Å². The Morgan fingerprint density at radius 1 is 1.08 bits per heavy atom. The van der Waals surface area contributed by atoms with E-state index in [1.165, 1.54) is 0 Å². The zero-order valence-electron chi connectivity index (χ0n) is 6.33. The van der Waals surface area contributed by atoms with Crippen LogP contribution in [0.5, 0.6) is 0 Å². The van der Waals surface area contributed by atoms with Crippen LogP contribution in [0.3, 0.4) is 0 Å². The van der Waals surface area contributed by atoms with Crippen LogP contribution in [-0.4, -0.2) is 0 Å². The van der Waals surface area contributed by atoms with Gasteiger partial charge in [0.15, 0.2) is 0 Å². The molecule has 0 aliphatic rings. The summed E-state index contributed by atoms with van der Waals surface area (Å²) in [5, 5.41) is 8.49. The molecule has 0 radical (unpaired) electrons. The first-order valence-corrected chi connectivity index (χ1v) is 3.33. The lowest BCUT2D eigenvalue weighted by molar-refractivity contribution is 1.48. The summed E-state index contributed by atoms with van der Waals surface area (Å²) in [4.78, 5) is 0. The van der Waals surface area contributed by atoms with Gasteiger partial charge in [-0.2, -0.15) is 5.26 Å². The molecule has 0 aliphatic heterocycles. The van der Waals surface area contributed by atoms with Gasteiger partial charge in [-0.25, -0.2) is 0 Å². The molecule has 1 aromatic carbocycles. The number of hydrogen-bond acceptors (Lipinski definition) is 1. The maximum atomic E-state index is 8.49. The molecule has 12 heavy (non-hydrogen) atoms. The Kier molecular flexibility index (Phi) is 2.56. The molecule has 0 unspecified atom stereocenters. The summed E-state index contributed by atoms with van der Waals surface area (Å²) in [7, 11) is 0. The molecule has 0 saturated carbocycles. The van der Waals surface area contributed by atoms with Crippen molar-refractivity contribution < 1.29 is 0 Å². The maximum absolute atomic E-state index is 8.49. The summed E-state index contributed by atoms with van der Waals surface area (Å²) < 4.78 is 0. The average molecular weight is 151 g/mol. The molecule has 1 aromatic rings. The van der Waals surface area contributed by atoms with Crippen LogP contribution in [-0.2, 0) is 0 Å². The van der Waals surface area contributed by atoms with Gasteiger partial charge in [0, 0.05) is 5.56 Å². The van der Waals surface area contributed by atoms with E-state index in [4.69, 9.17) is 11.7 Å². The molecule has 1 nitrogen and oxygen atoms in total. The molecule has 0 N–H and O–H groups in total. The Labute approximate surface area is 71.6 Å². The largest absolute Gasteiger partial charge is 0.192 e. The van der Waals surface area contributed by atoms with Gasteiger partial charge < -0.3 is 0 Å². The molecule has 0 bridgehead atoms. The van der Waals surface area contributed by atoms with E-state index >= 15 is 0 Å². The van der Waals surface area contributed by atoms with Crippen LogP contribution < -0.4 is 0 Å². The van der Waals surface area contributed by atoms with E-state index in [0.717, 1.165) is 5.56 Å². The van der Waals surface area contributed by atoms with E-state index in [9.17, 15) is 0 Å². The third-order valence-corrected chi connectivity index (χ3v) is 1.29. The Morgan fingerprint density at radius 3 is 2.17 bits per heavy atom. The number of benzene rings is 1. The highest BCUT2D eigenvalue weighted by molar-refractivity contribution is 5.42. The Balaban J connectivity index is 2.96. The predicted molar refractivity (Wildman–Crippen MR) is 46.9 cm³/mol. The van der Waals surface area contributed by atoms with Crippen molar-refractivity contribution in [1.29, 1.82) is 5.26 Å². The van der Waals surface area contributed by atoms with Gasteiger partial charge >= 0.3 is 0 Å². The van der Waals surface area contributed by atoms with Crippen LogP contribution in [0.1, 0.15) is 11.1 Å². The summed E-state index contributed by atoms with van der Waals surface area (Å²) in [6, 6.07) is 8.97. The first-order valence-electron chi connectivity index (χ1n) is 3.33. The molecule has 0 aromatic heterocycles. The second kappa shape index (κ2) is 3.87. The van der Waals surface area contributed by atoms with Crippen molar-refractivity contribution in [1.82, 2.24) is 0 Å². The molecule has 0 aliphatic carbocycles. The molecule has 0 spiro atoms. The number of hydrogen-bond donors (Lipinski definition) is 0. The minimum atomic E-state index is 0.626. The summed E-state index contributed by atoms with van der Waals surface area (Å²) in [6.07, 6.45) is 4.96. The maximum Gasteiger partial charge on any atom is 0.0991 e. The van der Waals surface area contributed by atoms with E-state index in [2.05, 4.69) is 17.8 Å². The van der Waals surface area contributed by atoms with Crippen LogP contribution in [0.2, 0.25) is 0 Å². The molecular weight excluding hydrogens is 146 g/mol. The quantitative estimate of drug-likeness (QED) is 0.516. The highest BCUT2D eigenvalue weighted by Crippen LogP contribution is 2.00. The van der Waals surface area contributed by atoms with E-state index in [1.54, 1.807) is 24.3 Å². The van der Waals surface area contributed by atoms with Gasteiger partial charge in [0.05, 0.1) is 11.6 Å². The highest BCUT2D eigenvalue weighted by atomic mass is 14.2.